The van der Waals surface area contributed by atoms with Crippen LogP contribution in [0.1, 0.15) is 41.5 Å². The number of amides is 1. The van der Waals surface area contributed by atoms with Crippen LogP contribution in [-0.4, -0.2) is 63.5 Å². The SMILES string of the molecule is C[C@@H]1C(=O)N[C@@H]1O[C@@H]1[C@H]2OC(C)(C)O[C@H]2O[C@@H]1COS(=O)(=O)c1ccc(OC(=O)C(C)(C)C)cc1. The number of benzene rings is 1. The summed E-state index contributed by atoms with van der Waals surface area (Å²) >= 11 is 0. The summed E-state index contributed by atoms with van der Waals surface area (Å²) in [6.07, 6.45) is -3.50. The van der Waals surface area contributed by atoms with Crippen LogP contribution in [-0.2, 0) is 42.8 Å². The van der Waals surface area contributed by atoms with Gasteiger partial charge in [0.15, 0.2) is 12.1 Å². The summed E-state index contributed by atoms with van der Waals surface area (Å²) in [4.78, 5) is 23.5. The molecule has 0 unspecified atom stereocenters. The Hall–Kier alpha value is -2.09. The van der Waals surface area contributed by atoms with Gasteiger partial charge in [-0.05, 0) is 65.8 Å². The van der Waals surface area contributed by atoms with Gasteiger partial charge in [-0.1, -0.05) is 0 Å². The Bertz CT molecular complexity index is 1080. The van der Waals surface area contributed by atoms with Crippen LogP contribution in [0.2, 0.25) is 0 Å². The van der Waals surface area contributed by atoms with E-state index >= 15 is 0 Å². The van der Waals surface area contributed by atoms with Crippen LogP contribution in [0.4, 0.5) is 0 Å². The lowest BCUT2D eigenvalue weighted by Gasteiger charge is -2.37. The van der Waals surface area contributed by atoms with Crippen molar-refractivity contribution in [2.75, 3.05) is 6.61 Å². The number of hydrogen-bond acceptors (Lipinski definition) is 10. The van der Waals surface area contributed by atoms with Crippen molar-refractivity contribution in [1.29, 1.82) is 0 Å². The number of ether oxygens (including phenoxy) is 5. The summed E-state index contributed by atoms with van der Waals surface area (Å²) in [6, 6.07) is 5.34. The molecule has 0 bridgehead atoms. The van der Waals surface area contributed by atoms with Gasteiger partial charge in [0.05, 0.1) is 22.8 Å². The summed E-state index contributed by atoms with van der Waals surface area (Å²) < 4.78 is 59.6. The van der Waals surface area contributed by atoms with Gasteiger partial charge in [0.25, 0.3) is 10.1 Å². The van der Waals surface area contributed by atoms with Crippen LogP contribution in [0.25, 0.3) is 0 Å². The van der Waals surface area contributed by atoms with E-state index in [1.165, 1.54) is 24.3 Å². The Morgan fingerprint density at radius 1 is 1.14 bits per heavy atom. The second-order valence-corrected chi connectivity index (χ2v) is 11.9. The third kappa shape index (κ3) is 5.52. The van der Waals surface area contributed by atoms with Crippen molar-refractivity contribution in [2.24, 2.45) is 11.3 Å². The van der Waals surface area contributed by atoms with Crippen molar-refractivity contribution in [3.8, 4) is 5.75 Å². The van der Waals surface area contributed by atoms with E-state index in [0.717, 1.165) is 0 Å². The van der Waals surface area contributed by atoms with E-state index in [4.69, 9.17) is 27.9 Å². The molecule has 12 heteroatoms. The molecule has 35 heavy (non-hydrogen) atoms. The Labute approximate surface area is 204 Å². The number of fused-ring (bicyclic) bond motifs is 1. The van der Waals surface area contributed by atoms with Crippen molar-refractivity contribution in [3.63, 3.8) is 0 Å². The summed E-state index contributed by atoms with van der Waals surface area (Å²) in [5, 5.41) is 2.66. The van der Waals surface area contributed by atoms with Gasteiger partial charge in [0, 0.05) is 0 Å². The molecule has 3 fully saturated rings. The summed E-state index contributed by atoms with van der Waals surface area (Å²) in [5.74, 6) is -1.62. The predicted octanol–water partition coefficient (Wildman–Crippen LogP) is 1.70. The molecule has 11 nitrogen and oxygen atoms in total. The maximum absolute atomic E-state index is 12.8. The van der Waals surface area contributed by atoms with E-state index < -0.39 is 58.1 Å². The quantitative estimate of drug-likeness (QED) is 0.248. The molecule has 1 amide bonds. The number of carbonyl (C=O) groups is 2. The average molecular weight is 514 g/mol. The lowest BCUT2D eigenvalue weighted by Crippen LogP contribution is -2.60. The van der Waals surface area contributed by atoms with Gasteiger partial charge in [0.2, 0.25) is 5.91 Å². The zero-order valence-corrected chi connectivity index (χ0v) is 21.3. The summed E-state index contributed by atoms with van der Waals surface area (Å²) in [5.41, 5.74) is -0.700. The molecular weight excluding hydrogens is 482 g/mol. The minimum Gasteiger partial charge on any atom is -0.426 e. The van der Waals surface area contributed by atoms with Crippen molar-refractivity contribution in [1.82, 2.24) is 5.32 Å². The van der Waals surface area contributed by atoms with Crippen LogP contribution in [0.15, 0.2) is 29.2 Å². The molecule has 0 aromatic heterocycles. The van der Waals surface area contributed by atoms with E-state index in [-0.39, 0.29) is 29.1 Å². The molecule has 1 aromatic rings. The van der Waals surface area contributed by atoms with E-state index in [1.807, 2.05) is 0 Å². The van der Waals surface area contributed by atoms with E-state index in [0.29, 0.717) is 0 Å². The van der Waals surface area contributed by atoms with Crippen molar-refractivity contribution in [3.05, 3.63) is 24.3 Å². The van der Waals surface area contributed by atoms with Crippen molar-refractivity contribution in [2.45, 2.75) is 83.1 Å². The molecule has 1 aromatic carbocycles. The molecule has 3 aliphatic heterocycles. The van der Waals surface area contributed by atoms with Crippen LogP contribution < -0.4 is 10.1 Å². The van der Waals surface area contributed by atoms with Gasteiger partial charge in [-0.2, -0.15) is 8.42 Å². The highest BCUT2D eigenvalue weighted by molar-refractivity contribution is 7.86. The first kappa shape index (κ1) is 26.0. The molecule has 3 heterocycles. The number of rotatable bonds is 7. The Kier molecular flexibility index (Phi) is 6.75. The minimum atomic E-state index is -4.16. The topological polar surface area (TPSA) is 136 Å². The maximum Gasteiger partial charge on any atom is 0.316 e. The molecule has 4 rings (SSSR count). The second-order valence-electron chi connectivity index (χ2n) is 10.3. The van der Waals surface area contributed by atoms with Crippen molar-refractivity contribution < 1.29 is 45.9 Å². The molecule has 194 valence electrons. The highest BCUT2D eigenvalue weighted by Gasteiger charge is 2.57. The van der Waals surface area contributed by atoms with E-state index in [2.05, 4.69) is 5.32 Å². The first-order valence-electron chi connectivity index (χ1n) is 11.3. The Morgan fingerprint density at radius 3 is 2.37 bits per heavy atom. The molecule has 0 radical (unpaired) electrons. The van der Waals surface area contributed by atoms with Gasteiger partial charge in [-0.25, -0.2) is 0 Å². The molecular formula is C23H31NO10S. The normalized spacial score (nSPS) is 32.0. The smallest absolute Gasteiger partial charge is 0.316 e. The van der Waals surface area contributed by atoms with Gasteiger partial charge in [-0.15, -0.1) is 0 Å². The molecule has 3 saturated heterocycles. The number of hydrogen-bond donors (Lipinski definition) is 1. The lowest BCUT2D eigenvalue weighted by atomic mass is 9.97. The average Bonchev–Trinajstić information content (AvgIpc) is 3.23. The monoisotopic (exact) mass is 513 g/mol. The van der Waals surface area contributed by atoms with Crippen LogP contribution in [0.3, 0.4) is 0 Å². The largest absolute Gasteiger partial charge is 0.426 e. The first-order valence-corrected chi connectivity index (χ1v) is 12.8. The standard InChI is InChI=1S/C23H31NO10S/c1-12-18(25)24-19(12)32-16-15(31-20-17(16)33-23(5,6)34-20)11-29-35(27,28)14-9-7-13(8-10-14)30-21(26)22(2,3)4/h7-10,12,15-17,19-20H,11H2,1-6H3,(H,24,25)/t12-,15-,16+,17-,19-,20-/m1/s1. The van der Waals surface area contributed by atoms with Crippen molar-refractivity contribution >= 4 is 22.0 Å². The maximum atomic E-state index is 12.8. The minimum absolute atomic E-state index is 0.114. The molecule has 0 saturated carbocycles. The summed E-state index contributed by atoms with van der Waals surface area (Å²) in [6.45, 7) is 9.99. The van der Waals surface area contributed by atoms with Crippen LogP contribution >= 0.6 is 0 Å². The highest BCUT2D eigenvalue weighted by atomic mass is 32.2. The fourth-order valence-electron chi connectivity index (χ4n) is 3.76. The third-order valence-electron chi connectivity index (χ3n) is 5.87. The van der Waals surface area contributed by atoms with Gasteiger partial charge in [0.1, 0.15) is 30.3 Å². The fraction of sp³-hybridized carbons (Fsp3) is 0.652. The Morgan fingerprint density at radius 2 is 1.80 bits per heavy atom. The summed E-state index contributed by atoms with van der Waals surface area (Å²) in [7, 11) is -4.16. The molecule has 0 aliphatic carbocycles. The zero-order valence-electron chi connectivity index (χ0n) is 20.5. The molecule has 0 spiro atoms. The number of β-lactam (4-membered cyclic amide) rings is 1. The number of nitrogens with one attached hydrogen (secondary N) is 1. The number of esters is 1. The molecule has 3 aliphatic rings. The molecule has 6 atom stereocenters. The fourth-order valence-corrected chi connectivity index (χ4v) is 4.68. The second kappa shape index (κ2) is 9.09. The Balaban J connectivity index is 1.41. The number of carbonyl (C=O) groups excluding carboxylic acids is 2. The molecule has 1 N–H and O–H groups in total. The predicted molar refractivity (Wildman–Crippen MR) is 119 cm³/mol. The highest BCUT2D eigenvalue weighted by Crippen LogP contribution is 2.40. The van der Waals surface area contributed by atoms with Gasteiger partial charge >= 0.3 is 5.97 Å². The third-order valence-corrected chi connectivity index (χ3v) is 7.16. The van der Waals surface area contributed by atoms with Gasteiger partial charge in [-0.3, -0.25) is 13.8 Å². The zero-order chi connectivity index (χ0) is 25.8. The van der Waals surface area contributed by atoms with Crippen LogP contribution in [0.5, 0.6) is 5.75 Å². The first-order chi connectivity index (χ1) is 16.2. The lowest BCUT2D eigenvalue weighted by molar-refractivity contribution is -0.230. The van der Waals surface area contributed by atoms with Crippen LogP contribution in [0, 0.1) is 11.3 Å². The van der Waals surface area contributed by atoms with E-state index in [9.17, 15) is 18.0 Å². The van der Waals surface area contributed by atoms with E-state index in [1.54, 1.807) is 41.5 Å². The van der Waals surface area contributed by atoms with Gasteiger partial charge < -0.3 is 29.0 Å².